The Labute approximate surface area is 280 Å². The fourth-order valence-electron chi connectivity index (χ4n) is 4.50. The van der Waals surface area contributed by atoms with Gasteiger partial charge in [-0.05, 0) is 54.1 Å². The van der Waals surface area contributed by atoms with E-state index in [2.05, 4.69) is 16.0 Å². The predicted octanol–water partition coefficient (Wildman–Crippen LogP) is 7.83. The van der Waals surface area contributed by atoms with Crippen molar-refractivity contribution < 1.29 is 28.3 Å². The number of amides is 3. The molecule has 4 aromatic carbocycles. The molecule has 47 heavy (non-hydrogen) atoms. The van der Waals surface area contributed by atoms with E-state index in [0.29, 0.717) is 44.1 Å². The third-order valence-corrected chi connectivity index (χ3v) is 8.32. The van der Waals surface area contributed by atoms with Gasteiger partial charge in [0.2, 0.25) is 5.91 Å². The lowest BCUT2D eigenvalue weighted by Crippen LogP contribution is -2.30. The number of nitrogens with one attached hydrogen (secondary N) is 3. The molecule has 238 valence electrons. The summed E-state index contributed by atoms with van der Waals surface area (Å²) in [5.74, 6) is -0.139. The molecule has 0 saturated heterocycles. The van der Waals surface area contributed by atoms with Crippen LogP contribution in [0.3, 0.4) is 0 Å². The van der Waals surface area contributed by atoms with Gasteiger partial charge in [-0.25, -0.2) is 0 Å². The Morgan fingerprint density at radius 3 is 2.21 bits per heavy atom. The smallest absolute Gasteiger partial charge is 0.272 e. The molecule has 11 heteroatoms. The molecule has 0 saturated carbocycles. The number of ether oxygens (including phenoxy) is 2. The minimum absolute atomic E-state index is 0.0134. The Kier molecular flexibility index (Phi) is 11.0. The maximum Gasteiger partial charge on any atom is 0.272 e. The summed E-state index contributed by atoms with van der Waals surface area (Å²) in [6.07, 6.45) is 2.92. The zero-order valence-electron chi connectivity index (χ0n) is 25.4. The van der Waals surface area contributed by atoms with Crippen LogP contribution < -0.4 is 25.4 Å². The fraction of sp³-hybridized carbons (Fsp3) is 0.0833. The molecule has 1 heterocycles. The van der Waals surface area contributed by atoms with Crippen LogP contribution in [0, 0.1) is 0 Å². The average Bonchev–Trinajstić information content (AvgIpc) is 3.61. The molecule has 0 aliphatic rings. The van der Waals surface area contributed by atoms with Crippen LogP contribution in [-0.4, -0.2) is 31.9 Å². The highest BCUT2D eigenvalue weighted by molar-refractivity contribution is 8.00. The lowest BCUT2D eigenvalue weighted by Gasteiger charge is -2.19. The van der Waals surface area contributed by atoms with Crippen molar-refractivity contribution in [3.63, 3.8) is 0 Å². The van der Waals surface area contributed by atoms with Gasteiger partial charge in [-0.3, -0.25) is 14.4 Å². The largest absolute Gasteiger partial charge is 0.495 e. The SMILES string of the molecule is COc1cc(OC)c(NC(=O)C(Sc2cccc(NC(=O)/C(=C/c3ccco3)NC(=O)c3ccccc3)c2)c2ccccc2)cc1Cl. The van der Waals surface area contributed by atoms with Crippen LogP contribution in [0.2, 0.25) is 5.02 Å². The Morgan fingerprint density at radius 2 is 1.53 bits per heavy atom. The molecule has 3 N–H and O–H groups in total. The molecule has 0 bridgehead atoms. The first-order valence-electron chi connectivity index (χ1n) is 14.3. The highest BCUT2D eigenvalue weighted by Crippen LogP contribution is 2.40. The van der Waals surface area contributed by atoms with Gasteiger partial charge in [0, 0.05) is 28.3 Å². The van der Waals surface area contributed by atoms with E-state index < -0.39 is 17.1 Å². The van der Waals surface area contributed by atoms with Gasteiger partial charge in [0.05, 0.1) is 31.2 Å². The molecule has 0 radical (unpaired) electrons. The Hall–Kier alpha value is -5.45. The van der Waals surface area contributed by atoms with E-state index >= 15 is 0 Å². The fourth-order valence-corrected chi connectivity index (χ4v) is 5.82. The number of anilines is 2. The molecule has 3 amide bonds. The minimum atomic E-state index is -0.688. The number of benzene rings is 4. The van der Waals surface area contributed by atoms with E-state index in [4.69, 9.17) is 25.5 Å². The summed E-state index contributed by atoms with van der Waals surface area (Å²) in [7, 11) is 2.98. The standard InChI is InChI=1S/C36H30ClN3O6S/c1-44-31-22-32(45-2)29(21-28(31)37)39-36(43)33(23-11-5-3-6-12-23)47-27-17-9-15-25(19-27)38-35(42)30(20-26-16-10-18-46-26)40-34(41)24-13-7-4-8-14-24/h3-22,33H,1-2H3,(H,38,42)(H,39,43)(H,40,41)/b30-20-. The van der Waals surface area contributed by atoms with Crippen molar-refractivity contribution in [3.05, 3.63) is 143 Å². The number of rotatable bonds is 12. The molecule has 5 rings (SSSR count). The molecule has 1 aromatic heterocycles. The summed E-state index contributed by atoms with van der Waals surface area (Å²) in [6.45, 7) is 0. The van der Waals surface area contributed by atoms with Crippen molar-refractivity contribution in [1.82, 2.24) is 5.32 Å². The van der Waals surface area contributed by atoms with Crippen LogP contribution in [0.15, 0.2) is 130 Å². The Morgan fingerprint density at radius 1 is 0.809 bits per heavy atom. The van der Waals surface area contributed by atoms with Crippen LogP contribution in [0.1, 0.15) is 26.9 Å². The van der Waals surface area contributed by atoms with Crippen LogP contribution in [0.25, 0.3) is 6.08 Å². The summed E-state index contributed by atoms with van der Waals surface area (Å²) < 4.78 is 16.1. The van der Waals surface area contributed by atoms with Crippen LogP contribution >= 0.6 is 23.4 Å². The first kappa shape index (κ1) is 32.9. The Bertz CT molecular complexity index is 1880. The van der Waals surface area contributed by atoms with Gasteiger partial charge in [-0.2, -0.15) is 0 Å². The first-order valence-corrected chi connectivity index (χ1v) is 15.6. The van der Waals surface area contributed by atoms with Crippen molar-refractivity contribution in [2.24, 2.45) is 0 Å². The van der Waals surface area contributed by atoms with Crippen molar-refractivity contribution in [2.45, 2.75) is 10.1 Å². The molecule has 0 aliphatic carbocycles. The molecule has 9 nitrogen and oxygen atoms in total. The average molecular weight is 668 g/mol. The minimum Gasteiger partial charge on any atom is -0.495 e. The first-order chi connectivity index (χ1) is 22.8. The van der Waals surface area contributed by atoms with E-state index in [1.54, 1.807) is 72.8 Å². The van der Waals surface area contributed by atoms with Gasteiger partial charge in [-0.15, -0.1) is 11.8 Å². The number of furan rings is 1. The molecule has 1 atom stereocenters. The molecule has 0 spiro atoms. The zero-order valence-corrected chi connectivity index (χ0v) is 26.9. The van der Waals surface area contributed by atoms with Gasteiger partial charge >= 0.3 is 0 Å². The van der Waals surface area contributed by atoms with Crippen LogP contribution in [-0.2, 0) is 9.59 Å². The van der Waals surface area contributed by atoms with Gasteiger partial charge in [0.25, 0.3) is 11.8 Å². The normalized spacial score (nSPS) is 11.7. The summed E-state index contributed by atoms with van der Waals surface area (Å²) >= 11 is 7.64. The van der Waals surface area contributed by atoms with E-state index in [1.807, 2.05) is 36.4 Å². The predicted molar refractivity (Wildman–Crippen MR) is 184 cm³/mol. The second kappa shape index (κ2) is 15.7. The van der Waals surface area contributed by atoms with Crippen molar-refractivity contribution in [3.8, 4) is 11.5 Å². The van der Waals surface area contributed by atoms with E-state index in [0.717, 1.165) is 5.56 Å². The lowest BCUT2D eigenvalue weighted by atomic mass is 10.1. The Balaban J connectivity index is 1.37. The summed E-state index contributed by atoms with van der Waals surface area (Å²) in [5.41, 5.74) is 1.98. The van der Waals surface area contributed by atoms with Crippen molar-refractivity contribution in [2.75, 3.05) is 24.9 Å². The van der Waals surface area contributed by atoms with Gasteiger partial charge in [0.1, 0.15) is 28.2 Å². The van der Waals surface area contributed by atoms with E-state index in [9.17, 15) is 14.4 Å². The van der Waals surface area contributed by atoms with Crippen molar-refractivity contribution in [1.29, 1.82) is 0 Å². The second-order valence-electron chi connectivity index (χ2n) is 9.96. The number of carbonyl (C=O) groups is 3. The molecule has 0 aliphatic heterocycles. The van der Waals surface area contributed by atoms with Gasteiger partial charge in [-0.1, -0.05) is 66.2 Å². The lowest BCUT2D eigenvalue weighted by molar-refractivity contribution is -0.116. The number of thioether (sulfide) groups is 1. The van der Waals surface area contributed by atoms with E-state index in [-0.39, 0.29) is 11.6 Å². The van der Waals surface area contributed by atoms with Crippen molar-refractivity contribution >= 4 is 58.5 Å². The van der Waals surface area contributed by atoms with Gasteiger partial charge in [0.15, 0.2) is 0 Å². The number of hydrogen-bond acceptors (Lipinski definition) is 7. The van der Waals surface area contributed by atoms with Crippen LogP contribution in [0.4, 0.5) is 11.4 Å². The summed E-state index contributed by atoms with van der Waals surface area (Å²) in [4.78, 5) is 40.9. The maximum absolute atomic E-state index is 13.8. The topological polar surface area (TPSA) is 119 Å². The number of hydrogen-bond donors (Lipinski definition) is 3. The van der Waals surface area contributed by atoms with E-state index in [1.165, 1.54) is 38.3 Å². The third kappa shape index (κ3) is 8.63. The zero-order chi connectivity index (χ0) is 33.2. The van der Waals surface area contributed by atoms with Gasteiger partial charge < -0.3 is 29.8 Å². The molecular weight excluding hydrogens is 638 g/mol. The monoisotopic (exact) mass is 667 g/mol. The summed E-state index contributed by atoms with van der Waals surface area (Å²) in [5, 5.41) is 8.09. The third-order valence-electron chi connectivity index (χ3n) is 6.78. The highest BCUT2D eigenvalue weighted by Gasteiger charge is 2.24. The second-order valence-corrected chi connectivity index (χ2v) is 11.5. The number of halogens is 1. The van der Waals surface area contributed by atoms with Crippen LogP contribution in [0.5, 0.6) is 11.5 Å². The molecule has 0 fully saturated rings. The summed E-state index contributed by atoms with van der Waals surface area (Å²) in [6, 6.07) is 31.5. The molecular formula is C36H30ClN3O6S. The number of methoxy groups -OCH3 is 2. The number of carbonyl (C=O) groups excluding carboxylic acids is 3. The quantitative estimate of drug-likeness (QED) is 0.0916. The maximum atomic E-state index is 13.8. The highest BCUT2D eigenvalue weighted by atomic mass is 35.5. The molecule has 5 aromatic rings. The molecule has 1 unspecified atom stereocenters.